The highest BCUT2D eigenvalue weighted by atomic mass is 32.2. The Morgan fingerprint density at radius 1 is 1.25 bits per heavy atom. The van der Waals surface area contributed by atoms with Crippen molar-refractivity contribution in [2.75, 3.05) is 4.90 Å². The number of benzene rings is 1. The fourth-order valence-electron chi connectivity index (χ4n) is 2.07. The largest absolute Gasteiger partial charge is 0.545 e. The first-order valence-corrected chi connectivity index (χ1v) is 8.08. The van der Waals surface area contributed by atoms with Crippen LogP contribution in [-0.4, -0.2) is 16.2 Å². The number of anilines is 1. The number of aromatic carboxylic acids is 1. The van der Waals surface area contributed by atoms with Gasteiger partial charge in [0.2, 0.25) is 0 Å². The number of carbonyl (C=O) groups excluding carboxylic acids is 2. The van der Waals surface area contributed by atoms with E-state index >= 15 is 0 Å². The summed E-state index contributed by atoms with van der Waals surface area (Å²) in [4.78, 5) is 25.1. The van der Waals surface area contributed by atoms with Crippen LogP contribution in [0.15, 0.2) is 64.1 Å². The third-order valence-corrected chi connectivity index (χ3v) is 4.53. The number of hydrogen-bond acceptors (Lipinski definition) is 6. The lowest BCUT2D eigenvalue weighted by molar-refractivity contribution is -0.255. The van der Waals surface area contributed by atoms with Crippen molar-refractivity contribution in [1.29, 1.82) is 0 Å². The van der Waals surface area contributed by atoms with Crippen LogP contribution in [0.2, 0.25) is 0 Å². The van der Waals surface area contributed by atoms with Gasteiger partial charge in [-0.3, -0.25) is 9.69 Å². The molecule has 1 aromatic heterocycles. The van der Waals surface area contributed by atoms with Crippen LogP contribution in [0.4, 0.5) is 5.69 Å². The third kappa shape index (κ3) is 3.32. The molecule has 0 spiro atoms. The topological polar surface area (TPSA) is 73.6 Å². The van der Waals surface area contributed by atoms with Crippen LogP contribution in [0, 0.1) is 0 Å². The Morgan fingerprint density at radius 2 is 2.00 bits per heavy atom. The van der Waals surface area contributed by atoms with Gasteiger partial charge in [0.25, 0.3) is 5.91 Å². The fourth-order valence-corrected chi connectivity index (χ4v) is 3.32. The first-order valence-electron chi connectivity index (χ1n) is 6.86. The highest BCUT2D eigenvalue weighted by Crippen LogP contribution is 2.34. The molecule has 0 saturated carbocycles. The van der Waals surface area contributed by atoms with Gasteiger partial charge in [0.05, 0.1) is 22.8 Å². The third-order valence-electron chi connectivity index (χ3n) is 3.21. The monoisotopic (exact) mass is 356 g/mol. The van der Waals surface area contributed by atoms with E-state index in [4.69, 9.17) is 16.6 Å². The molecule has 0 bridgehead atoms. The van der Waals surface area contributed by atoms with E-state index in [2.05, 4.69) is 0 Å². The summed E-state index contributed by atoms with van der Waals surface area (Å²) < 4.78 is 5.56. The average Bonchev–Trinajstić information content (AvgIpc) is 3.16. The van der Waals surface area contributed by atoms with Gasteiger partial charge < -0.3 is 14.3 Å². The molecule has 0 radical (unpaired) electrons. The Labute approximate surface area is 147 Å². The molecular weight excluding hydrogens is 346 g/mol. The number of thiocarbonyl (C=S) groups is 1. The van der Waals surface area contributed by atoms with Gasteiger partial charge >= 0.3 is 0 Å². The van der Waals surface area contributed by atoms with E-state index in [1.54, 1.807) is 36.6 Å². The van der Waals surface area contributed by atoms with Crippen molar-refractivity contribution in [3.8, 4) is 0 Å². The summed E-state index contributed by atoms with van der Waals surface area (Å²) in [5, 5.41) is 10.8. The fraction of sp³-hybridized carbons (Fsp3) is 0. The summed E-state index contributed by atoms with van der Waals surface area (Å²) in [7, 11) is 0. The minimum absolute atomic E-state index is 0.0427. The molecule has 1 aromatic carbocycles. The molecule has 0 aliphatic carbocycles. The number of allylic oxidation sites excluding steroid dienone is 2. The quantitative estimate of drug-likeness (QED) is 0.619. The minimum Gasteiger partial charge on any atom is -0.545 e. The molecule has 7 heteroatoms. The predicted molar refractivity (Wildman–Crippen MR) is 94.3 cm³/mol. The smallest absolute Gasteiger partial charge is 0.270 e. The molecule has 0 N–H and O–H groups in total. The second kappa shape index (κ2) is 6.86. The lowest BCUT2D eigenvalue weighted by Gasteiger charge is -2.15. The van der Waals surface area contributed by atoms with E-state index in [9.17, 15) is 14.7 Å². The first kappa shape index (κ1) is 16.2. The van der Waals surface area contributed by atoms with E-state index < -0.39 is 5.97 Å². The molecule has 24 heavy (non-hydrogen) atoms. The number of carbonyl (C=O) groups is 2. The van der Waals surface area contributed by atoms with Crippen LogP contribution < -0.4 is 10.0 Å². The maximum Gasteiger partial charge on any atom is 0.270 e. The summed E-state index contributed by atoms with van der Waals surface area (Å²) in [6.07, 6.45) is 6.68. The maximum atomic E-state index is 12.5. The lowest BCUT2D eigenvalue weighted by Crippen LogP contribution is -2.28. The number of amides is 1. The summed E-state index contributed by atoms with van der Waals surface area (Å²) in [5.41, 5.74) is 0.557. The molecule has 0 unspecified atom stereocenters. The molecule has 1 saturated heterocycles. The van der Waals surface area contributed by atoms with Crippen molar-refractivity contribution < 1.29 is 19.1 Å². The van der Waals surface area contributed by atoms with Crippen LogP contribution >= 0.6 is 24.0 Å². The number of carboxylic acid groups (broad SMARTS) is 1. The van der Waals surface area contributed by atoms with Crippen molar-refractivity contribution in [2.24, 2.45) is 0 Å². The number of nitrogens with zero attached hydrogens (tertiary/aromatic N) is 1. The average molecular weight is 356 g/mol. The van der Waals surface area contributed by atoms with Gasteiger partial charge in [-0.15, -0.1) is 0 Å². The molecule has 1 aliphatic rings. The van der Waals surface area contributed by atoms with Gasteiger partial charge in [-0.25, -0.2) is 0 Å². The van der Waals surface area contributed by atoms with E-state index in [-0.39, 0.29) is 11.5 Å². The van der Waals surface area contributed by atoms with Crippen LogP contribution in [0.3, 0.4) is 0 Å². The Kier molecular flexibility index (Phi) is 4.64. The molecule has 1 amide bonds. The Hall–Kier alpha value is -2.64. The van der Waals surface area contributed by atoms with Crippen molar-refractivity contribution in [1.82, 2.24) is 0 Å². The SMILES string of the molecule is O=C([O-])c1ccc(N2C(=O)/C(=C\C=C\c3ccco3)SC2=S)cc1. The molecule has 2 aromatic rings. The molecule has 3 rings (SSSR count). The summed E-state index contributed by atoms with van der Waals surface area (Å²) >= 11 is 6.43. The zero-order valence-corrected chi connectivity index (χ0v) is 13.8. The van der Waals surface area contributed by atoms with Crippen LogP contribution in [0.25, 0.3) is 6.08 Å². The van der Waals surface area contributed by atoms with E-state index in [0.29, 0.717) is 20.7 Å². The first-order chi connectivity index (χ1) is 11.6. The Balaban J connectivity index is 1.80. The highest BCUT2D eigenvalue weighted by molar-refractivity contribution is 8.27. The zero-order chi connectivity index (χ0) is 17.1. The van der Waals surface area contributed by atoms with Gasteiger partial charge in [-0.1, -0.05) is 42.2 Å². The molecule has 1 aliphatic heterocycles. The van der Waals surface area contributed by atoms with Gasteiger partial charge in [-0.2, -0.15) is 0 Å². The van der Waals surface area contributed by atoms with Crippen LogP contribution in [-0.2, 0) is 4.79 Å². The number of furan rings is 1. The highest BCUT2D eigenvalue weighted by Gasteiger charge is 2.32. The normalized spacial score (nSPS) is 16.5. The van der Waals surface area contributed by atoms with E-state index in [1.807, 2.05) is 0 Å². The molecule has 2 heterocycles. The van der Waals surface area contributed by atoms with E-state index in [0.717, 1.165) is 0 Å². The molecule has 120 valence electrons. The van der Waals surface area contributed by atoms with Crippen molar-refractivity contribution >= 4 is 51.9 Å². The van der Waals surface area contributed by atoms with Crippen LogP contribution in [0.5, 0.6) is 0 Å². The Bertz CT molecular complexity index is 851. The molecule has 5 nitrogen and oxygen atoms in total. The number of thioether (sulfide) groups is 1. The van der Waals surface area contributed by atoms with Crippen molar-refractivity contribution in [3.05, 3.63) is 71.0 Å². The minimum atomic E-state index is -1.27. The van der Waals surface area contributed by atoms with E-state index in [1.165, 1.54) is 40.9 Å². The summed E-state index contributed by atoms with van der Waals surface area (Å²) in [6.45, 7) is 0. The van der Waals surface area contributed by atoms with Gasteiger partial charge in [0.15, 0.2) is 4.32 Å². The standard InChI is InChI=1S/C17H11NO4S2/c19-15-14(5-1-3-13-4-2-10-22-13)24-17(23)18(15)12-8-6-11(7-9-12)16(20)21/h1-10H,(H,20,21)/p-1/b3-1+,14-5+. The number of hydrogen-bond donors (Lipinski definition) is 0. The van der Waals surface area contributed by atoms with Crippen molar-refractivity contribution in [3.63, 3.8) is 0 Å². The second-order valence-corrected chi connectivity index (χ2v) is 6.42. The summed E-state index contributed by atoms with van der Waals surface area (Å²) in [6, 6.07) is 9.38. The van der Waals surface area contributed by atoms with Gasteiger partial charge in [-0.05, 0) is 42.0 Å². The second-order valence-electron chi connectivity index (χ2n) is 4.75. The van der Waals surface area contributed by atoms with Gasteiger partial charge in [0, 0.05) is 0 Å². The molecular formula is C17H10NO4S2-. The molecule has 0 atom stereocenters. The maximum absolute atomic E-state index is 12.5. The number of carboxylic acids is 1. The van der Waals surface area contributed by atoms with Gasteiger partial charge in [0.1, 0.15) is 5.76 Å². The number of rotatable bonds is 4. The lowest BCUT2D eigenvalue weighted by atomic mass is 10.2. The summed E-state index contributed by atoms with van der Waals surface area (Å²) in [5.74, 6) is -0.843. The molecule has 1 fully saturated rings. The van der Waals surface area contributed by atoms with Crippen LogP contribution in [0.1, 0.15) is 16.1 Å². The van der Waals surface area contributed by atoms with Crippen molar-refractivity contribution in [2.45, 2.75) is 0 Å². The Morgan fingerprint density at radius 3 is 2.62 bits per heavy atom. The predicted octanol–water partition coefficient (Wildman–Crippen LogP) is 2.61. The zero-order valence-electron chi connectivity index (χ0n) is 12.2.